The van der Waals surface area contributed by atoms with Crippen molar-refractivity contribution < 1.29 is 49.8 Å². The van der Waals surface area contributed by atoms with Crippen LogP contribution < -0.4 is 11.5 Å². The van der Waals surface area contributed by atoms with Gasteiger partial charge in [-0.05, 0) is 0 Å². The lowest BCUT2D eigenvalue weighted by Gasteiger charge is -2.49. The van der Waals surface area contributed by atoms with Gasteiger partial charge in [0, 0.05) is 5.41 Å². The van der Waals surface area contributed by atoms with E-state index in [2.05, 4.69) is 0 Å². The molecule has 12 heteroatoms. The summed E-state index contributed by atoms with van der Waals surface area (Å²) in [6.45, 7) is 0. The highest BCUT2D eigenvalue weighted by Crippen LogP contribution is 2.43. The number of aliphatic hydroxyl groups is 2. The summed E-state index contributed by atoms with van der Waals surface area (Å²) in [7, 11) is 0. The second-order valence-electron chi connectivity index (χ2n) is 5.25. The van der Waals surface area contributed by atoms with Crippen LogP contribution in [-0.4, -0.2) is 66.0 Å². The van der Waals surface area contributed by atoms with Gasteiger partial charge in [-0.3, -0.25) is 19.2 Å². The minimum Gasteiger partial charge on any atom is -0.481 e. The molecule has 0 spiro atoms. The first-order valence-electron chi connectivity index (χ1n) is 6.06. The minimum atomic E-state index is -3.47. The van der Waals surface area contributed by atoms with Crippen LogP contribution >= 0.6 is 0 Å². The molecule has 0 fully saturated rings. The Kier molecular flexibility index (Phi) is 6.19. The average Bonchev–Trinajstić information content (AvgIpc) is 2.22. The van der Waals surface area contributed by atoms with E-state index in [9.17, 15) is 29.4 Å². The molecule has 132 valence electrons. The number of nitrogens with two attached hydrogens (primary N) is 2. The smallest absolute Gasteiger partial charge is 0.308 e. The molecule has 0 bridgehead atoms. The van der Waals surface area contributed by atoms with Gasteiger partial charge in [0.2, 0.25) is 5.79 Å². The quantitative estimate of drug-likeness (QED) is 0.188. The van der Waals surface area contributed by atoms with Gasteiger partial charge in [-0.1, -0.05) is 0 Å². The van der Waals surface area contributed by atoms with Gasteiger partial charge in [0.1, 0.15) is 12.1 Å². The highest BCUT2D eigenvalue weighted by atomic mass is 16.5. The Bertz CT molecular complexity index is 472. The van der Waals surface area contributed by atoms with E-state index in [-0.39, 0.29) is 0 Å². The van der Waals surface area contributed by atoms with Crippen LogP contribution in [0.5, 0.6) is 0 Å². The van der Waals surface area contributed by atoms with Crippen molar-refractivity contribution >= 4 is 23.9 Å². The molecule has 23 heavy (non-hydrogen) atoms. The Morgan fingerprint density at radius 1 is 0.652 bits per heavy atom. The average molecular weight is 338 g/mol. The first-order chi connectivity index (χ1) is 10.2. The van der Waals surface area contributed by atoms with Crippen molar-refractivity contribution in [1.29, 1.82) is 0 Å². The maximum absolute atomic E-state index is 11.0. The topological polar surface area (TPSA) is 242 Å². The lowest BCUT2D eigenvalue weighted by Crippen LogP contribution is -2.76. The summed E-state index contributed by atoms with van der Waals surface area (Å²) in [5, 5.41) is 55.0. The van der Waals surface area contributed by atoms with Crippen molar-refractivity contribution in [3.05, 3.63) is 0 Å². The van der Waals surface area contributed by atoms with Crippen molar-refractivity contribution in [2.24, 2.45) is 16.9 Å². The Balaban J connectivity index is 6.23. The summed E-state index contributed by atoms with van der Waals surface area (Å²) in [5.74, 6) is -10.4. The van der Waals surface area contributed by atoms with Crippen LogP contribution in [0.4, 0.5) is 0 Å². The van der Waals surface area contributed by atoms with Crippen LogP contribution in [0.15, 0.2) is 0 Å². The molecule has 0 heterocycles. The summed E-state index contributed by atoms with van der Waals surface area (Å²) >= 11 is 0. The summed E-state index contributed by atoms with van der Waals surface area (Å²) < 4.78 is 0. The molecule has 0 amide bonds. The molecule has 0 rings (SSSR count). The van der Waals surface area contributed by atoms with E-state index < -0.39 is 66.4 Å². The van der Waals surface area contributed by atoms with Gasteiger partial charge in [-0.25, -0.2) is 0 Å². The number of carbonyl (C=O) groups is 4. The summed E-state index contributed by atoms with van der Waals surface area (Å²) in [6.07, 6.45) is -5.23. The molecule has 10 N–H and O–H groups in total. The molecule has 0 aromatic carbocycles. The van der Waals surface area contributed by atoms with Crippen LogP contribution in [0.2, 0.25) is 0 Å². The first kappa shape index (κ1) is 20.7. The normalized spacial score (nSPS) is 12.7. The first-order valence-corrected chi connectivity index (χ1v) is 6.06. The van der Waals surface area contributed by atoms with Crippen molar-refractivity contribution in [2.45, 2.75) is 37.1 Å². The van der Waals surface area contributed by atoms with Crippen LogP contribution in [-0.2, 0) is 19.2 Å². The van der Waals surface area contributed by atoms with Gasteiger partial charge < -0.3 is 42.1 Å². The molecule has 0 saturated carbocycles. The molecule has 0 aliphatic carbocycles. The molecule has 0 unspecified atom stereocenters. The molecule has 0 saturated heterocycles. The number of hydrogen-bond acceptors (Lipinski definition) is 8. The number of carboxylic acids is 4. The molecule has 0 aromatic rings. The molecule has 0 atom stereocenters. The lowest BCUT2D eigenvalue weighted by molar-refractivity contribution is -0.246. The highest BCUT2D eigenvalue weighted by molar-refractivity contribution is 5.77. The maximum atomic E-state index is 11.0. The van der Waals surface area contributed by atoms with Crippen molar-refractivity contribution in [1.82, 2.24) is 0 Å². The SMILES string of the molecule is NC(N)(C(O)(O)CC(=O)O)C(CC(=O)O)(CC(=O)O)CC(=O)O. The number of hydrogen-bond donors (Lipinski definition) is 8. The number of rotatable bonds is 10. The second kappa shape index (κ2) is 6.87. The zero-order valence-electron chi connectivity index (χ0n) is 11.8. The van der Waals surface area contributed by atoms with Crippen LogP contribution in [0.1, 0.15) is 25.7 Å². The fourth-order valence-corrected chi connectivity index (χ4v) is 2.28. The summed E-state index contributed by atoms with van der Waals surface area (Å²) in [4.78, 5) is 43.7. The third-order valence-electron chi connectivity index (χ3n) is 3.41. The predicted octanol–water partition coefficient (Wildman–Crippen LogP) is -2.83. The van der Waals surface area contributed by atoms with Gasteiger partial charge in [0.15, 0.2) is 0 Å². The molecule has 0 aliphatic rings. The van der Waals surface area contributed by atoms with Crippen molar-refractivity contribution in [3.63, 3.8) is 0 Å². The van der Waals surface area contributed by atoms with E-state index in [1.807, 2.05) is 0 Å². The Morgan fingerprint density at radius 3 is 1.13 bits per heavy atom. The Hall–Kier alpha value is -2.28. The minimum absolute atomic E-state index is 1.25. The molecule has 0 aromatic heterocycles. The molecule has 0 aliphatic heterocycles. The third-order valence-corrected chi connectivity index (χ3v) is 3.41. The van der Waals surface area contributed by atoms with Crippen molar-refractivity contribution in [3.8, 4) is 0 Å². The predicted molar refractivity (Wildman–Crippen MR) is 69.7 cm³/mol. The van der Waals surface area contributed by atoms with Gasteiger partial charge in [0.25, 0.3) is 0 Å². The largest absolute Gasteiger partial charge is 0.481 e. The zero-order valence-corrected chi connectivity index (χ0v) is 11.8. The van der Waals surface area contributed by atoms with Crippen LogP contribution in [0, 0.1) is 5.41 Å². The standard InChI is InChI=1S/C11H18N2O10/c12-11(13,10(22,23)4-8(20)21)9(1-5(14)15,2-6(16)17)3-7(18)19/h22-23H,1-4,12-13H2,(H,14,15)(H,16,17)(H,18,19)(H,20,21). The summed E-state index contributed by atoms with van der Waals surface area (Å²) in [6, 6.07) is 0. The zero-order chi connectivity index (χ0) is 18.6. The van der Waals surface area contributed by atoms with Crippen LogP contribution in [0.3, 0.4) is 0 Å². The van der Waals surface area contributed by atoms with Gasteiger partial charge in [-0.15, -0.1) is 0 Å². The van der Waals surface area contributed by atoms with Gasteiger partial charge >= 0.3 is 23.9 Å². The fraction of sp³-hybridized carbons (Fsp3) is 0.636. The monoisotopic (exact) mass is 338 g/mol. The van der Waals surface area contributed by atoms with E-state index in [0.29, 0.717) is 0 Å². The molecular weight excluding hydrogens is 320 g/mol. The lowest BCUT2D eigenvalue weighted by atomic mass is 9.64. The van der Waals surface area contributed by atoms with E-state index in [1.54, 1.807) is 0 Å². The third kappa shape index (κ3) is 4.85. The second-order valence-corrected chi connectivity index (χ2v) is 5.25. The van der Waals surface area contributed by atoms with Gasteiger partial charge in [0.05, 0.1) is 19.3 Å². The maximum Gasteiger partial charge on any atom is 0.308 e. The molecule has 12 nitrogen and oxygen atoms in total. The van der Waals surface area contributed by atoms with Gasteiger partial charge in [-0.2, -0.15) is 0 Å². The van der Waals surface area contributed by atoms with Crippen molar-refractivity contribution in [2.75, 3.05) is 0 Å². The molecule has 0 radical (unpaired) electrons. The van der Waals surface area contributed by atoms with E-state index in [0.717, 1.165) is 0 Å². The number of aliphatic carboxylic acids is 4. The van der Waals surface area contributed by atoms with E-state index in [1.165, 1.54) is 0 Å². The van der Waals surface area contributed by atoms with Crippen LogP contribution in [0.25, 0.3) is 0 Å². The Labute approximate surface area is 128 Å². The van der Waals surface area contributed by atoms with E-state index in [4.69, 9.17) is 31.9 Å². The molecular formula is C11H18N2O10. The Morgan fingerprint density at radius 2 is 0.913 bits per heavy atom. The fourth-order valence-electron chi connectivity index (χ4n) is 2.28. The highest BCUT2D eigenvalue weighted by Gasteiger charge is 2.61. The van der Waals surface area contributed by atoms with E-state index >= 15 is 0 Å². The summed E-state index contributed by atoms with van der Waals surface area (Å²) in [5.41, 5.74) is 5.33. The number of carboxylic acid groups (broad SMARTS) is 4.